The first kappa shape index (κ1) is 12.9. The van der Waals surface area contributed by atoms with E-state index in [1.165, 1.54) is 22.9 Å². The maximum atomic E-state index is 13.1. The summed E-state index contributed by atoms with van der Waals surface area (Å²) in [7, 11) is 0. The number of rotatable bonds is 3. The molecule has 0 radical (unpaired) electrons. The van der Waals surface area contributed by atoms with Gasteiger partial charge in [-0.1, -0.05) is 11.6 Å². The Morgan fingerprint density at radius 3 is 2.83 bits per heavy atom. The van der Waals surface area contributed by atoms with E-state index in [9.17, 15) is 9.18 Å². The highest BCUT2D eigenvalue weighted by atomic mass is 35.5. The number of nitrogens with two attached hydrogens (primary N) is 1. The largest absolute Gasteiger partial charge is 0.330 e. The first-order valence-corrected chi connectivity index (χ1v) is 5.88. The van der Waals surface area contributed by atoms with E-state index >= 15 is 0 Å². The predicted octanol–water partition coefficient (Wildman–Crippen LogP) is 1.77. The Morgan fingerprint density at radius 1 is 1.50 bits per heavy atom. The molecule has 0 atom stereocenters. The second kappa shape index (κ2) is 4.96. The molecule has 0 aliphatic heterocycles. The molecule has 18 heavy (non-hydrogen) atoms. The molecule has 1 heterocycles. The smallest absolute Gasteiger partial charge is 0.274 e. The molecule has 1 aromatic carbocycles. The van der Waals surface area contributed by atoms with Crippen LogP contribution in [0.2, 0.25) is 5.02 Å². The maximum Gasteiger partial charge on any atom is 0.274 e. The SMILES string of the molecule is Cc1[nH]n(-c2ccc(F)c(Cl)c2)c(=O)c1CCN. The fraction of sp³-hybridized carbons (Fsp3) is 0.250. The van der Waals surface area contributed by atoms with Crippen molar-refractivity contribution >= 4 is 11.6 Å². The van der Waals surface area contributed by atoms with Gasteiger partial charge in [0.25, 0.3) is 5.56 Å². The van der Waals surface area contributed by atoms with E-state index in [4.69, 9.17) is 17.3 Å². The molecule has 4 nitrogen and oxygen atoms in total. The number of hydrogen-bond donors (Lipinski definition) is 2. The monoisotopic (exact) mass is 269 g/mol. The Morgan fingerprint density at radius 2 is 2.22 bits per heavy atom. The van der Waals surface area contributed by atoms with Crippen LogP contribution in [0.15, 0.2) is 23.0 Å². The molecule has 0 spiro atoms. The number of hydrogen-bond acceptors (Lipinski definition) is 2. The molecular weight excluding hydrogens is 257 g/mol. The number of nitrogens with one attached hydrogen (secondary N) is 1. The van der Waals surface area contributed by atoms with Crippen molar-refractivity contribution in [2.45, 2.75) is 13.3 Å². The molecule has 0 saturated heterocycles. The molecule has 6 heteroatoms. The van der Waals surface area contributed by atoms with Gasteiger partial charge in [0, 0.05) is 11.3 Å². The number of halogens is 2. The quantitative estimate of drug-likeness (QED) is 0.892. The molecular formula is C12H13ClFN3O. The molecule has 2 rings (SSSR count). The number of benzene rings is 1. The van der Waals surface area contributed by atoms with Crippen molar-refractivity contribution in [3.63, 3.8) is 0 Å². The summed E-state index contributed by atoms with van der Waals surface area (Å²) in [4.78, 5) is 12.1. The molecule has 0 aliphatic rings. The minimum absolute atomic E-state index is 0.0213. The summed E-state index contributed by atoms with van der Waals surface area (Å²) in [5, 5.41) is 2.91. The third kappa shape index (κ3) is 2.19. The molecule has 0 bridgehead atoms. The number of nitrogens with zero attached hydrogens (tertiary/aromatic N) is 1. The fourth-order valence-electron chi connectivity index (χ4n) is 1.83. The molecule has 0 fully saturated rings. The highest BCUT2D eigenvalue weighted by Crippen LogP contribution is 2.18. The van der Waals surface area contributed by atoms with Crippen molar-refractivity contribution in [3.05, 3.63) is 50.7 Å². The van der Waals surface area contributed by atoms with Crippen molar-refractivity contribution in [2.75, 3.05) is 6.54 Å². The molecule has 0 saturated carbocycles. The van der Waals surface area contributed by atoms with Crippen LogP contribution in [0.5, 0.6) is 0 Å². The highest BCUT2D eigenvalue weighted by Gasteiger charge is 2.12. The summed E-state index contributed by atoms with van der Waals surface area (Å²) in [6.07, 6.45) is 0.503. The first-order valence-electron chi connectivity index (χ1n) is 5.50. The summed E-state index contributed by atoms with van der Waals surface area (Å²) in [5.74, 6) is -0.515. The minimum atomic E-state index is -0.515. The second-order valence-electron chi connectivity index (χ2n) is 3.99. The zero-order chi connectivity index (χ0) is 13.3. The third-order valence-corrected chi connectivity index (χ3v) is 3.04. The van der Waals surface area contributed by atoms with Gasteiger partial charge in [0.05, 0.1) is 10.7 Å². The van der Waals surface area contributed by atoms with Crippen LogP contribution >= 0.6 is 11.6 Å². The lowest BCUT2D eigenvalue weighted by Crippen LogP contribution is -2.19. The normalized spacial score (nSPS) is 10.9. The van der Waals surface area contributed by atoms with Gasteiger partial charge in [0.1, 0.15) is 5.82 Å². The Bertz CT molecular complexity index is 633. The van der Waals surface area contributed by atoms with Crippen molar-refractivity contribution < 1.29 is 4.39 Å². The van der Waals surface area contributed by atoms with Gasteiger partial charge in [-0.3, -0.25) is 9.89 Å². The Balaban J connectivity index is 2.54. The topological polar surface area (TPSA) is 63.8 Å². The van der Waals surface area contributed by atoms with Gasteiger partial charge in [-0.15, -0.1) is 0 Å². The van der Waals surface area contributed by atoms with Crippen LogP contribution in [0.1, 0.15) is 11.3 Å². The molecule has 3 N–H and O–H groups in total. The van der Waals surface area contributed by atoms with Crippen LogP contribution in [0.25, 0.3) is 5.69 Å². The van der Waals surface area contributed by atoms with Gasteiger partial charge in [-0.2, -0.15) is 0 Å². The highest BCUT2D eigenvalue weighted by molar-refractivity contribution is 6.30. The van der Waals surface area contributed by atoms with E-state index < -0.39 is 5.82 Å². The van der Waals surface area contributed by atoms with Crippen LogP contribution in [0.3, 0.4) is 0 Å². The summed E-state index contributed by atoms with van der Waals surface area (Å²) in [5.41, 5.74) is 7.17. The van der Waals surface area contributed by atoms with E-state index in [0.717, 1.165) is 5.69 Å². The average molecular weight is 270 g/mol. The number of aryl methyl sites for hydroxylation is 1. The second-order valence-corrected chi connectivity index (χ2v) is 4.40. The Hall–Kier alpha value is -1.59. The van der Waals surface area contributed by atoms with Gasteiger partial charge >= 0.3 is 0 Å². The van der Waals surface area contributed by atoms with E-state index in [0.29, 0.717) is 24.2 Å². The van der Waals surface area contributed by atoms with Gasteiger partial charge in [0.2, 0.25) is 0 Å². The zero-order valence-electron chi connectivity index (χ0n) is 9.84. The predicted molar refractivity (Wildman–Crippen MR) is 68.9 cm³/mol. The van der Waals surface area contributed by atoms with Gasteiger partial charge in [-0.05, 0) is 38.1 Å². The fourth-order valence-corrected chi connectivity index (χ4v) is 2.00. The standard InChI is InChI=1S/C12H13ClFN3O/c1-7-9(4-5-15)12(18)17(16-7)8-2-3-11(14)10(13)6-8/h2-3,6,16H,4-5,15H2,1H3. The van der Waals surface area contributed by atoms with Crippen molar-refractivity contribution in [1.82, 2.24) is 9.78 Å². The lowest BCUT2D eigenvalue weighted by Gasteiger charge is -2.02. The average Bonchev–Trinajstić information content (AvgIpc) is 2.61. The third-order valence-electron chi connectivity index (χ3n) is 2.75. The van der Waals surface area contributed by atoms with Crippen LogP contribution in [-0.2, 0) is 6.42 Å². The van der Waals surface area contributed by atoms with E-state index in [1.54, 1.807) is 6.92 Å². The number of aromatic amines is 1. The van der Waals surface area contributed by atoms with Gasteiger partial charge in [-0.25, -0.2) is 9.07 Å². The van der Waals surface area contributed by atoms with Crippen LogP contribution in [0.4, 0.5) is 4.39 Å². The molecule has 96 valence electrons. The summed E-state index contributed by atoms with van der Waals surface area (Å²) >= 11 is 5.70. The molecule has 0 unspecified atom stereocenters. The first-order chi connectivity index (χ1) is 8.54. The Labute approximate surface area is 108 Å². The van der Waals surface area contributed by atoms with E-state index in [-0.39, 0.29) is 10.6 Å². The molecule has 2 aromatic rings. The molecule has 0 amide bonds. The number of H-pyrrole nitrogens is 1. The van der Waals surface area contributed by atoms with Crippen LogP contribution < -0.4 is 11.3 Å². The summed E-state index contributed by atoms with van der Waals surface area (Å²) < 4.78 is 14.4. The van der Waals surface area contributed by atoms with Crippen LogP contribution in [0, 0.1) is 12.7 Å². The summed E-state index contributed by atoms with van der Waals surface area (Å²) in [6.45, 7) is 2.20. The van der Waals surface area contributed by atoms with E-state index in [2.05, 4.69) is 5.10 Å². The summed E-state index contributed by atoms with van der Waals surface area (Å²) in [6, 6.07) is 4.12. The van der Waals surface area contributed by atoms with Gasteiger partial charge < -0.3 is 5.73 Å². The van der Waals surface area contributed by atoms with E-state index in [1.807, 2.05) is 0 Å². The maximum absolute atomic E-state index is 13.1. The van der Waals surface area contributed by atoms with Gasteiger partial charge in [0.15, 0.2) is 0 Å². The molecule has 1 aromatic heterocycles. The zero-order valence-corrected chi connectivity index (χ0v) is 10.6. The number of aromatic nitrogens is 2. The van der Waals surface area contributed by atoms with Crippen molar-refractivity contribution in [1.29, 1.82) is 0 Å². The van der Waals surface area contributed by atoms with Crippen LogP contribution in [-0.4, -0.2) is 16.3 Å². The minimum Gasteiger partial charge on any atom is -0.330 e. The molecule has 0 aliphatic carbocycles. The van der Waals surface area contributed by atoms with Crippen molar-refractivity contribution in [2.24, 2.45) is 5.73 Å². The lowest BCUT2D eigenvalue weighted by molar-refractivity contribution is 0.627. The Kier molecular flexibility index (Phi) is 3.54. The lowest BCUT2D eigenvalue weighted by atomic mass is 10.2. The van der Waals surface area contributed by atoms with Crippen molar-refractivity contribution in [3.8, 4) is 5.69 Å².